The van der Waals surface area contributed by atoms with E-state index in [4.69, 9.17) is 0 Å². The lowest BCUT2D eigenvalue weighted by Gasteiger charge is -2.38. The number of rotatable bonds is 4. The van der Waals surface area contributed by atoms with Gasteiger partial charge in [-0.25, -0.2) is 0 Å². The quantitative estimate of drug-likeness (QED) is 0.127. The molecule has 53 heavy (non-hydrogen) atoms. The Morgan fingerprint density at radius 1 is 0.623 bits per heavy atom. The normalized spacial score (nSPS) is 14.7. The van der Waals surface area contributed by atoms with E-state index in [2.05, 4.69) is 25.6 Å². The Morgan fingerprint density at radius 2 is 1.09 bits per heavy atom. The molecule has 0 spiro atoms. The van der Waals surface area contributed by atoms with Crippen LogP contribution in [0.5, 0.6) is 0 Å². The largest absolute Gasteiger partial charge is 0.411 e. The SMILES string of the molecule is C=CC.Cc1ccc2c(c1)c1c(n2-c2ccc(C(c3ccc(-n4c5ccccc5c5cc(C)ccc54)cc3)(C(F)(F)F)C(F)(F)F)cc2)C=CC(C)C1. The molecule has 2 nitrogen and oxygen atoms in total. The van der Waals surface area contributed by atoms with Gasteiger partial charge in [0.15, 0.2) is 0 Å². The van der Waals surface area contributed by atoms with Gasteiger partial charge in [-0.2, -0.15) is 26.3 Å². The molecule has 7 aromatic rings. The molecule has 0 N–H and O–H groups in total. The van der Waals surface area contributed by atoms with E-state index in [1.54, 1.807) is 6.08 Å². The number of para-hydroxylation sites is 1. The van der Waals surface area contributed by atoms with Gasteiger partial charge in [0.25, 0.3) is 0 Å². The number of nitrogens with zero attached hydrogens (tertiary/aromatic N) is 2. The molecule has 270 valence electrons. The Morgan fingerprint density at radius 3 is 1.64 bits per heavy atom. The number of hydrogen-bond acceptors (Lipinski definition) is 0. The van der Waals surface area contributed by atoms with Crippen LogP contribution in [0.4, 0.5) is 26.3 Å². The summed E-state index contributed by atoms with van der Waals surface area (Å²) < 4.78 is 95.1. The molecule has 1 aliphatic carbocycles. The van der Waals surface area contributed by atoms with Gasteiger partial charge in [0.1, 0.15) is 0 Å². The van der Waals surface area contributed by atoms with Crippen molar-refractivity contribution >= 4 is 38.8 Å². The van der Waals surface area contributed by atoms with Crippen molar-refractivity contribution in [3.63, 3.8) is 0 Å². The van der Waals surface area contributed by atoms with E-state index in [1.807, 2.05) is 90.6 Å². The molecule has 8 heteroatoms. The maximum atomic E-state index is 15.2. The highest BCUT2D eigenvalue weighted by Crippen LogP contribution is 2.56. The van der Waals surface area contributed by atoms with Crippen molar-refractivity contribution in [3.05, 3.63) is 161 Å². The molecule has 1 atom stereocenters. The van der Waals surface area contributed by atoms with Crippen LogP contribution in [0.1, 0.15) is 47.4 Å². The zero-order valence-electron chi connectivity index (χ0n) is 29.8. The molecule has 1 aliphatic rings. The van der Waals surface area contributed by atoms with Crippen LogP contribution in [0.15, 0.2) is 128 Å². The minimum atomic E-state index is -5.70. The number of fused-ring (bicyclic) bond motifs is 6. The van der Waals surface area contributed by atoms with E-state index in [-0.39, 0.29) is 0 Å². The summed E-state index contributed by atoms with van der Waals surface area (Å²) in [6.07, 6.45) is -4.81. The molecule has 0 bridgehead atoms. The topological polar surface area (TPSA) is 9.86 Å². The Bertz CT molecular complexity index is 2490. The molecule has 5 aromatic carbocycles. The predicted molar refractivity (Wildman–Crippen MR) is 204 cm³/mol. The minimum absolute atomic E-state index is 0.300. The van der Waals surface area contributed by atoms with Gasteiger partial charge in [0, 0.05) is 33.2 Å². The standard InChI is InChI=1S/C42H32F6N2.C3H6/c1-25-8-19-37-33(22-25)32-6-4-5-7-36(32)49(37)30-15-11-28(12-16-30)40(41(43,44)45,42(46,47)48)29-13-17-31(18-14-29)50-38-20-9-26(2)23-34(38)35-24-27(3)10-21-39(35)50;1-3-2/h4-23,27H,24H2,1-3H3;3H,1H2,2H3. The second kappa shape index (κ2) is 13.2. The van der Waals surface area contributed by atoms with Crippen LogP contribution >= 0.6 is 0 Å². The maximum absolute atomic E-state index is 15.2. The van der Waals surface area contributed by atoms with E-state index >= 15 is 26.3 Å². The third kappa shape index (κ3) is 5.75. The summed E-state index contributed by atoms with van der Waals surface area (Å²) in [4.78, 5) is 0. The maximum Gasteiger partial charge on any atom is 0.411 e. The summed E-state index contributed by atoms with van der Waals surface area (Å²) in [7, 11) is 0. The zero-order valence-corrected chi connectivity index (χ0v) is 29.8. The van der Waals surface area contributed by atoms with E-state index in [1.165, 1.54) is 24.3 Å². The molecule has 0 amide bonds. The van der Waals surface area contributed by atoms with Crippen molar-refractivity contribution in [1.29, 1.82) is 0 Å². The fraction of sp³-hybridized carbons (Fsp3) is 0.200. The minimum Gasteiger partial charge on any atom is -0.310 e. The second-order valence-electron chi connectivity index (χ2n) is 13.9. The Kier molecular flexibility index (Phi) is 8.92. The van der Waals surface area contributed by atoms with Crippen molar-refractivity contribution in [1.82, 2.24) is 9.13 Å². The van der Waals surface area contributed by atoms with Crippen LogP contribution in [0.25, 0.3) is 50.2 Å². The first-order valence-electron chi connectivity index (χ1n) is 17.5. The van der Waals surface area contributed by atoms with Crippen LogP contribution in [-0.4, -0.2) is 21.5 Å². The van der Waals surface area contributed by atoms with Gasteiger partial charge >= 0.3 is 12.4 Å². The van der Waals surface area contributed by atoms with Gasteiger partial charge in [-0.3, -0.25) is 0 Å². The van der Waals surface area contributed by atoms with E-state index in [0.29, 0.717) is 17.3 Å². The highest BCUT2D eigenvalue weighted by atomic mass is 19.4. The molecular formula is C45H38F6N2. The lowest BCUT2D eigenvalue weighted by Crippen LogP contribution is -2.54. The van der Waals surface area contributed by atoms with Crippen LogP contribution in [0.2, 0.25) is 0 Å². The van der Waals surface area contributed by atoms with Gasteiger partial charge in [0.2, 0.25) is 5.41 Å². The van der Waals surface area contributed by atoms with Crippen LogP contribution in [-0.2, 0) is 11.8 Å². The number of benzene rings is 5. The highest BCUT2D eigenvalue weighted by molar-refractivity contribution is 6.09. The average molecular weight is 721 g/mol. The fourth-order valence-electron chi connectivity index (χ4n) is 7.87. The van der Waals surface area contributed by atoms with Crippen molar-refractivity contribution < 1.29 is 26.3 Å². The summed E-state index contributed by atoms with van der Waals surface area (Å²) in [6.45, 7) is 11.3. The highest BCUT2D eigenvalue weighted by Gasteiger charge is 2.72. The molecule has 0 aliphatic heterocycles. The van der Waals surface area contributed by atoms with E-state index < -0.39 is 28.9 Å². The van der Waals surface area contributed by atoms with Gasteiger partial charge in [-0.05, 0) is 110 Å². The smallest absolute Gasteiger partial charge is 0.310 e. The average Bonchev–Trinajstić information content (AvgIpc) is 3.60. The number of allylic oxidation sites excluding steroid dienone is 2. The summed E-state index contributed by atoms with van der Waals surface area (Å²) >= 11 is 0. The Balaban J connectivity index is 0.00000140. The third-order valence-corrected chi connectivity index (χ3v) is 10.2. The second-order valence-corrected chi connectivity index (χ2v) is 13.9. The molecule has 0 saturated carbocycles. The monoisotopic (exact) mass is 720 g/mol. The zero-order chi connectivity index (χ0) is 37.9. The van der Waals surface area contributed by atoms with E-state index in [9.17, 15) is 0 Å². The lowest BCUT2D eigenvalue weighted by molar-refractivity contribution is -0.288. The van der Waals surface area contributed by atoms with E-state index in [0.717, 1.165) is 85.8 Å². The van der Waals surface area contributed by atoms with Crippen molar-refractivity contribution in [2.45, 2.75) is 51.9 Å². The third-order valence-electron chi connectivity index (χ3n) is 10.2. The van der Waals surface area contributed by atoms with Crippen molar-refractivity contribution in [3.8, 4) is 11.4 Å². The van der Waals surface area contributed by atoms with Crippen LogP contribution in [0, 0.1) is 19.8 Å². The molecule has 1 unspecified atom stereocenters. The summed E-state index contributed by atoms with van der Waals surface area (Å²) in [5, 5.41) is 2.91. The first-order valence-corrected chi connectivity index (χ1v) is 17.5. The van der Waals surface area contributed by atoms with Gasteiger partial charge in [0.05, 0.1) is 16.6 Å². The summed E-state index contributed by atoms with van der Waals surface area (Å²) in [5.41, 5.74) is 1.42. The number of aryl methyl sites for hydroxylation is 2. The van der Waals surface area contributed by atoms with Gasteiger partial charge < -0.3 is 9.13 Å². The molecule has 8 rings (SSSR count). The Labute approximate surface area is 304 Å². The lowest BCUT2D eigenvalue weighted by atomic mass is 9.73. The molecule has 2 heterocycles. The number of halogens is 6. The molecule has 2 aromatic heterocycles. The molecule has 0 radical (unpaired) electrons. The van der Waals surface area contributed by atoms with Crippen molar-refractivity contribution in [2.75, 3.05) is 0 Å². The number of hydrogen-bond donors (Lipinski definition) is 0. The molecular weight excluding hydrogens is 682 g/mol. The van der Waals surface area contributed by atoms with Crippen molar-refractivity contribution in [2.24, 2.45) is 5.92 Å². The van der Waals surface area contributed by atoms with Gasteiger partial charge in [-0.15, -0.1) is 6.58 Å². The van der Waals surface area contributed by atoms with Gasteiger partial charge in [-0.1, -0.05) is 84.8 Å². The van der Waals surface area contributed by atoms with Crippen LogP contribution < -0.4 is 0 Å². The number of aromatic nitrogens is 2. The summed E-state index contributed by atoms with van der Waals surface area (Å²) in [6, 6.07) is 28.7. The number of alkyl halides is 6. The first kappa shape index (κ1) is 35.9. The Hall–Kier alpha value is -5.50. The first-order chi connectivity index (χ1) is 25.2. The molecule has 0 fully saturated rings. The fourth-order valence-corrected chi connectivity index (χ4v) is 7.87. The van der Waals surface area contributed by atoms with Crippen LogP contribution in [0.3, 0.4) is 0 Å². The summed E-state index contributed by atoms with van der Waals surface area (Å²) in [5.74, 6) is 0.300. The predicted octanol–water partition coefficient (Wildman–Crippen LogP) is 13.2. The molecule has 0 saturated heterocycles.